The highest BCUT2D eigenvalue weighted by Crippen LogP contribution is 2.24. The van der Waals surface area contributed by atoms with Crippen LogP contribution in [0.25, 0.3) is 11.5 Å². The van der Waals surface area contributed by atoms with Crippen molar-refractivity contribution in [1.29, 1.82) is 0 Å². The SMILES string of the molecule is O=C(NCC1CCCC(O)C1)c1cnn(-c2ccccc2F)c1-n1cccc1. The van der Waals surface area contributed by atoms with Crippen LogP contribution >= 0.6 is 0 Å². The highest BCUT2D eigenvalue weighted by Gasteiger charge is 2.24. The van der Waals surface area contributed by atoms with Crippen molar-refractivity contribution >= 4 is 5.91 Å². The van der Waals surface area contributed by atoms with Crippen molar-refractivity contribution in [2.45, 2.75) is 31.8 Å². The second-order valence-corrected chi connectivity index (χ2v) is 7.23. The summed E-state index contributed by atoms with van der Waals surface area (Å²) in [5, 5.41) is 17.1. The number of nitrogens with one attached hydrogen (secondary N) is 1. The van der Waals surface area contributed by atoms with E-state index in [1.54, 1.807) is 35.2 Å². The van der Waals surface area contributed by atoms with Crippen molar-refractivity contribution in [3.05, 3.63) is 66.4 Å². The van der Waals surface area contributed by atoms with Crippen LogP contribution in [0, 0.1) is 11.7 Å². The quantitative estimate of drug-likeness (QED) is 0.712. The fourth-order valence-electron chi connectivity index (χ4n) is 3.81. The molecule has 3 aromatic rings. The van der Waals surface area contributed by atoms with Gasteiger partial charge in [0.2, 0.25) is 0 Å². The van der Waals surface area contributed by atoms with E-state index in [4.69, 9.17) is 0 Å². The van der Waals surface area contributed by atoms with Crippen molar-refractivity contribution in [2.24, 2.45) is 5.92 Å². The van der Waals surface area contributed by atoms with Crippen LogP contribution in [0.1, 0.15) is 36.0 Å². The van der Waals surface area contributed by atoms with Gasteiger partial charge in [-0.15, -0.1) is 0 Å². The Labute approximate surface area is 162 Å². The lowest BCUT2D eigenvalue weighted by atomic mass is 9.87. The van der Waals surface area contributed by atoms with Crippen molar-refractivity contribution in [2.75, 3.05) is 6.54 Å². The van der Waals surface area contributed by atoms with E-state index in [0.29, 0.717) is 24.3 Å². The predicted molar refractivity (Wildman–Crippen MR) is 103 cm³/mol. The zero-order chi connectivity index (χ0) is 19.5. The first-order chi connectivity index (χ1) is 13.6. The number of carbonyl (C=O) groups is 1. The molecule has 7 heteroatoms. The monoisotopic (exact) mass is 382 g/mol. The number of nitrogens with zero attached hydrogens (tertiary/aromatic N) is 3. The molecular formula is C21H23FN4O2. The maximum atomic E-state index is 14.3. The van der Waals surface area contributed by atoms with E-state index in [1.165, 1.54) is 16.9 Å². The van der Waals surface area contributed by atoms with Crippen LogP contribution in [0.5, 0.6) is 0 Å². The summed E-state index contributed by atoms with van der Waals surface area (Å²) in [5.41, 5.74) is 0.650. The van der Waals surface area contributed by atoms with E-state index in [9.17, 15) is 14.3 Å². The number of rotatable bonds is 5. The van der Waals surface area contributed by atoms with Gasteiger partial charge in [0.05, 0.1) is 12.3 Å². The summed E-state index contributed by atoms with van der Waals surface area (Å²) in [6.45, 7) is 0.506. The Morgan fingerprint density at radius 1 is 1.21 bits per heavy atom. The number of amides is 1. The van der Waals surface area contributed by atoms with Crippen LogP contribution in [0.4, 0.5) is 4.39 Å². The normalized spacial score (nSPS) is 19.5. The molecule has 0 spiro atoms. The molecule has 1 saturated carbocycles. The largest absolute Gasteiger partial charge is 0.393 e. The molecule has 1 aliphatic rings. The molecule has 2 unspecified atom stereocenters. The van der Waals surface area contributed by atoms with E-state index < -0.39 is 5.82 Å². The molecular weight excluding hydrogens is 359 g/mol. The molecule has 0 saturated heterocycles. The second-order valence-electron chi connectivity index (χ2n) is 7.23. The highest BCUT2D eigenvalue weighted by molar-refractivity contribution is 5.97. The number of hydrogen-bond donors (Lipinski definition) is 2. The number of aliphatic hydroxyl groups excluding tert-OH is 1. The summed E-state index contributed by atoms with van der Waals surface area (Å²) in [5.74, 6) is 0.0779. The van der Waals surface area contributed by atoms with Crippen LogP contribution in [0.2, 0.25) is 0 Å². The van der Waals surface area contributed by atoms with E-state index in [-0.39, 0.29) is 23.6 Å². The minimum absolute atomic E-state index is 0.258. The highest BCUT2D eigenvalue weighted by atomic mass is 19.1. The number of halogens is 1. The molecule has 2 N–H and O–H groups in total. The molecule has 1 amide bonds. The molecule has 6 nitrogen and oxygen atoms in total. The average molecular weight is 382 g/mol. The third kappa shape index (κ3) is 3.71. The average Bonchev–Trinajstić information content (AvgIpc) is 3.36. The maximum Gasteiger partial charge on any atom is 0.256 e. The first-order valence-electron chi connectivity index (χ1n) is 9.56. The summed E-state index contributed by atoms with van der Waals surface area (Å²) < 4.78 is 17.5. The minimum Gasteiger partial charge on any atom is -0.393 e. The second kappa shape index (κ2) is 7.98. The standard InChI is InChI=1S/C21H23FN4O2/c22-18-8-1-2-9-19(18)26-21(25-10-3-4-11-25)17(14-24-26)20(28)23-13-15-6-5-7-16(27)12-15/h1-4,8-11,14-16,27H,5-7,12-13H2,(H,23,28). The van der Waals surface area contributed by atoms with Gasteiger partial charge in [0.25, 0.3) is 5.91 Å². The molecule has 1 aromatic carbocycles. The van der Waals surface area contributed by atoms with Gasteiger partial charge < -0.3 is 15.0 Å². The van der Waals surface area contributed by atoms with Gasteiger partial charge in [0.15, 0.2) is 5.82 Å². The Balaban J connectivity index is 1.62. The van der Waals surface area contributed by atoms with Gasteiger partial charge in [0, 0.05) is 18.9 Å². The third-order valence-electron chi connectivity index (χ3n) is 5.22. The number of para-hydroxylation sites is 1. The number of aromatic nitrogens is 3. The Hall–Kier alpha value is -2.93. The number of aliphatic hydroxyl groups is 1. The minimum atomic E-state index is -0.415. The van der Waals surface area contributed by atoms with Crippen molar-refractivity contribution in [1.82, 2.24) is 19.7 Å². The predicted octanol–water partition coefficient (Wildman–Crippen LogP) is 3.08. The lowest BCUT2D eigenvalue weighted by Crippen LogP contribution is -2.33. The fraction of sp³-hybridized carbons (Fsp3) is 0.333. The van der Waals surface area contributed by atoms with Crippen molar-refractivity contribution in [3.63, 3.8) is 0 Å². The number of carbonyl (C=O) groups excluding carboxylic acids is 1. The molecule has 1 aliphatic carbocycles. The van der Waals surface area contributed by atoms with Gasteiger partial charge >= 0.3 is 0 Å². The topological polar surface area (TPSA) is 72.1 Å². The van der Waals surface area contributed by atoms with Crippen LogP contribution in [-0.4, -0.2) is 38.0 Å². The van der Waals surface area contributed by atoms with Gasteiger partial charge in [-0.2, -0.15) is 5.10 Å². The molecule has 4 rings (SSSR count). The molecule has 2 aromatic heterocycles. The van der Waals surface area contributed by atoms with Gasteiger partial charge in [0.1, 0.15) is 17.1 Å². The zero-order valence-corrected chi connectivity index (χ0v) is 15.5. The van der Waals surface area contributed by atoms with Gasteiger partial charge in [-0.05, 0) is 49.4 Å². The molecule has 0 radical (unpaired) electrons. The molecule has 0 aliphatic heterocycles. The first-order valence-corrected chi connectivity index (χ1v) is 9.56. The third-order valence-corrected chi connectivity index (χ3v) is 5.22. The lowest BCUT2D eigenvalue weighted by molar-refractivity contribution is 0.0873. The number of benzene rings is 1. The summed E-state index contributed by atoms with van der Waals surface area (Å²) in [6, 6.07) is 10.0. The lowest BCUT2D eigenvalue weighted by Gasteiger charge is -2.25. The molecule has 146 valence electrons. The summed E-state index contributed by atoms with van der Waals surface area (Å²) in [6.07, 6.45) is 8.28. The van der Waals surface area contributed by atoms with E-state index >= 15 is 0 Å². The Bertz CT molecular complexity index is 951. The molecule has 0 bridgehead atoms. The van der Waals surface area contributed by atoms with Crippen LogP contribution < -0.4 is 5.32 Å². The van der Waals surface area contributed by atoms with E-state index in [1.807, 2.05) is 12.1 Å². The molecule has 2 heterocycles. The van der Waals surface area contributed by atoms with Gasteiger partial charge in [-0.1, -0.05) is 18.6 Å². The molecule has 1 fully saturated rings. The van der Waals surface area contributed by atoms with Crippen molar-refractivity contribution in [3.8, 4) is 11.5 Å². The first kappa shape index (κ1) is 18.4. The van der Waals surface area contributed by atoms with Crippen molar-refractivity contribution < 1.29 is 14.3 Å². The summed E-state index contributed by atoms with van der Waals surface area (Å²) in [7, 11) is 0. The summed E-state index contributed by atoms with van der Waals surface area (Å²) >= 11 is 0. The fourth-order valence-corrected chi connectivity index (χ4v) is 3.81. The zero-order valence-electron chi connectivity index (χ0n) is 15.5. The molecule has 2 atom stereocenters. The van der Waals surface area contributed by atoms with Crippen LogP contribution in [0.15, 0.2) is 55.0 Å². The van der Waals surface area contributed by atoms with E-state index in [2.05, 4.69) is 10.4 Å². The Morgan fingerprint density at radius 2 is 2.00 bits per heavy atom. The van der Waals surface area contributed by atoms with E-state index in [0.717, 1.165) is 19.3 Å². The van der Waals surface area contributed by atoms with Crippen LogP contribution in [-0.2, 0) is 0 Å². The maximum absolute atomic E-state index is 14.3. The Kier molecular flexibility index (Phi) is 5.25. The summed E-state index contributed by atoms with van der Waals surface area (Å²) in [4.78, 5) is 12.9. The van der Waals surface area contributed by atoms with Gasteiger partial charge in [-0.3, -0.25) is 4.79 Å². The van der Waals surface area contributed by atoms with Gasteiger partial charge in [-0.25, -0.2) is 9.07 Å². The molecule has 28 heavy (non-hydrogen) atoms. The number of hydrogen-bond acceptors (Lipinski definition) is 3. The van der Waals surface area contributed by atoms with Crippen LogP contribution in [0.3, 0.4) is 0 Å². The smallest absolute Gasteiger partial charge is 0.256 e. The Morgan fingerprint density at radius 3 is 2.75 bits per heavy atom.